The minimum atomic E-state index is -0.137. The van der Waals surface area contributed by atoms with E-state index >= 15 is 0 Å². The van der Waals surface area contributed by atoms with Crippen molar-refractivity contribution < 1.29 is 4.79 Å². The number of aromatic nitrogens is 1. The number of rotatable bonds is 3. The van der Waals surface area contributed by atoms with E-state index in [1.165, 1.54) is 10.6 Å². The maximum atomic E-state index is 11.9. The van der Waals surface area contributed by atoms with Gasteiger partial charge in [-0.15, -0.1) is 0 Å². The van der Waals surface area contributed by atoms with Crippen LogP contribution >= 0.6 is 0 Å². The van der Waals surface area contributed by atoms with Crippen molar-refractivity contribution in [1.82, 2.24) is 9.47 Å². The molecule has 2 rings (SSSR count). The number of hydrogen-bond donors (Lipinski definition) is 2. The molecule has 1 aromatic rings. The number of pyridine rings is 1. The molecule has 0 aromatic carbocycles. The Morgan fingerprint density at radius 3 is 2.79 bits per heavy atom. The molecule has 1 fully saturated rings. The largest absolute Gasteiger partial charge is 0.328 e. The minimum absolute atomic E-state index is 0.0938. The van der Waals surface area contributed by atoms with Gasteiger partial charge in [-0.2, -0.15) is 0 Å². The van der Waals surface area contributed by atoms with Gasteiger partial charge < -0.3 is 15.6 Å². The molecule has 1 aliphatic heterocycles. The van der Waals surface area contributed by atoms with Crippen LogP contribution in [0.4, 0.5) is 5.69 Å². The average molecular weight is 264 g/mol. The highest BCUT2D eigenvalue weighted by Crippen LogP contribution is 2.08. The van der Waals surface area contributed by atoms with Gasteiger partial charge in [-0.3, -0.25) is 14.5 Å². The zero-order valence-electron chi connectivity index (χ0n) is 11.1. The van der Waals surface area contributed by atoms with Crippen LogP contribution in [0.3, 0.4) is 0 Å². The molecule has 0 bridgehead atoms. The number of carbonyl (C=O) groups excluding carboxylic acids is 1. The molecule has 19 heavy (non-hydrogen) atoms. The van der Waals surface area contributed by atoms with Crippen molar-refractivity contribution in [1.29, 1.82) is 0 Å². The lowest BCUT2D eigenvalue weighted by Gasteiger charge is -2.29. The summed E-state index contributed by atoms with van der Waals surface area (Å²) in [7, 11) is 1.67. The van der Waals surface area contributed by atoms with E-state index in [-0.39, 0.29) is 17.5 Å². The van der Waals surface area contributed by atoms with Crippen molar-refractivity contribution in [3.8, 4) is 0 Å². The van der Waals surface area contributed by atoms with Crippen LogP contribution < -0.4 is 16.6 Å². The Kier molecular flexibility index (Phi) is 4.34. The average Bonchev–Trinajstić information content (AvgIpc) is 2.37. The molecule has 0 spiro atoms. The summed E-state index contributed by atoms with van der Waals surface area (Å²) in [5.41, 5.74) is 6.22. The maximum Gasteiger partial charge on any atom is 0.252 e. The predicted molar refractivity (Wildman–Crippen MR) is 74.0 cm³/mol. The molecule has 1 amide bonds. The number of likely N-dealkylation sites (tertiary alicyclic amines) is 1. The number of amides is 1. The van der Waals surface area contributed by atoms with Crippen LogP contribution in [0.1, 0.15) is 12.8 Å². The predicted octanol–water partition coefficient (Wildman–Crippen LogP) is -0.253. The van der Waals surface area contributed by atoms with Crippen molar-refractivity contribution in [3.05, 3.63) is 28.7 Å². The number of piperidine rings is 1. The van der Waals surface area contributed by atoms with Gasteiger partial charge in [-0.25, -0.2) is 0 Å². The fourth-order valence-corrected chi connectivity index (χ4v) is 2.14. The van der Waals surface area contributed by atoms with Crippen LogP contribution in [-0.2, 0) is 11.8 Å². The number of hydrogen-bond acceptors (Lipinski definition) is 4. The van der Waals surface area contributed by atoms with Crippen molar-refractivity contribution in [3.63, 3.8) is 0 Å². The normalized spacial score (nSPS) is 17.4. The molecule has 2 heterocycles. The van der Waals surface area contributed by atoms with Crippen LogP contribution in [0.15, 0.2) is 23.1 Å². The first kappa shape index (κ1) is 13.8. The van der Waals surface area contributed by atoms with Gasteiger partial charge in [0, 0.05) is 44.1 Å². The topological polar surface area (TPSA) is 80.4 Å². The molecule has 6 heteroatoms. The summed E-state index contributed by atoms with van der Waals surface area (Å²) >= 11 is 0. The van der Waals surface area contributed by atoms with Crippen LogP contribution in [0.5, 0.6) is 0 Å². The van der Waals surface area contributed by atoms with Crippen LogP contribution in [-0.4, -0.2) is 41.1 Å². The van der Waals surface area contributed by atoms with Gasteiger partial charge in [-0.05, 0) is 18.9 Å². The Hall–Kier alpha value is -1.66. The zero-order chi connectivity index (χ0) is 13.8. The van der Waals surface area contributed by atoms with Crippen LogP contribution in [0.25, 0.3) is 0 Å². The summed E-state index contributed by atoms with van der Waals surface area (Å²) in [5.74, 6) is -0.0938. The SMILES string of the molecule is Cn1ccc(NC(=O)CN2CCC(N)CC2)cc1=O. The summed E-state index contributed by atoms with van der Waals surface area (Å²) in [6, 6.07) is 3.39. The van der Waals surface area contributed by atoms with E-state index in [9.17, 15) is 9.59 Å². The highest BCUT2D eigenvalue weighted by atomic mass is 16.2. The Labute approximate surface area is 112 Å². The van der Waals surface area contributed by atoms with Crippen molar-refractivity contribution >= 4 is 11.6 Å². The van der Waals surface area contributed by atoms with Gasteiger partial charge in [0.2, 0.25) is 5.91 Å². The Balaban J connectivity index is 1.87. The molecule has 6 nitrogen and oxygen atoms in total. The molecule has 1 aromatic heterocycles. The van der Waals surface area contributed by atoms with E-state index in [0.717, 1.165) is 25.9 Å². The van der Waals surface area contributed by atoms with E-state index in [0.29, 0.717) is 12.2 Å². The van der Waals surface area contributed by atoms with Crippen molar-refractivity contribution in [2.24, 2.45) is 12.8 Å². The molecule has 0 saturated carbocycles. The first-order chi connectivity index (χ1) is 9.04. The molecule has 1 saturated heterocycles. The molecule has 0 atom stereocenters. The highest BCUT2D eigenvalue weighted by Gasteiger charge is 2.18. The standard InChI is InChI=1S/C13H20N4O2/c1-16-5-4-11(8-13(16)19)15-12(18)9-17-6-2-10(14)3-7-17/h4-5,8,10H,2-3,6-7,9,14H2,1H3,(H,15,18). The molecule has 104 valence electrons. The summed E-state index contributed by atoms with van der Waals surface area (Å²) < 4.78 is 1.46. The Morgan fingerprint density at radius 2 is 2.16 bits per heavy atom. The number of nitrogens with two attached hydrogens (primary N) is 1. The molecular weight excluding hydrogens is 244 g/mol. The lowest BCUT2D eigenvalue weighted by molar-refractivity contribution is -0.117. The Bertz CT molecular complexity index is 504. The zero-order valence-corrected chi connectivity index (χ0v) is 11.1. The monoisotopic (exact) mass is 264 g/mol. The fraction of sp³-hybridized carbons (Fsp3) is 0.538. The molecular formula is C13H20N4O2. The summed E-state index contributed by atoms with van der Waals surface area (Å²) in [6.45, 7) is 2.05. The Morgan fingerprint density at radius 1 is 1.47 bits per heavy atom. The smallest absolute Gasteiger partial charge is 0.252 e. The first-order valence-corrected chi connectivity index (χ1v) is 6.49. The third-order valence-corrected chi connectivity index (χ3v) is 3.39. The lowest BCUT2D eigenvalue weighted by atomic mass is 10.1. The second-order valence-corrected chi connectivity index (χ2v) is 5.03. The number of carbonyl (C=O) groups is 1. The number of nitrogens with one attached hydrogen (secondary N) is 1. The number of aryl methyl sites for hydroxylation is 1. The van der Waals surface area contributed by atoms with Gasteiger partial charge in [0.25, 0.3) is 5.56 Å². The second kappa shape index (κ2) is 5.99. The quantitative estimate of drug-likeness (QED) is 0.788. The van der Waals surface area contributed by atoms with Gasteiger partial charge in [0.05, 0.1) is 6.54 Å². The summed E-state index contributed by atoms with van der Waals surface area (Å²) in [5, 5.41) is 2.74. The van der Waals surface area contributed by atoms with E-state index < -0.39 is 0 Å². The fourth-order valence-electron chi connectivity index (χ4n) is 2.14. The number of nitrogens with zero attached hydrogens (tertiary/aromatic N) is 2. The third kappa shape index (κ3) is 3.90. The van der Waals surface area contributed by atoms with E-state index in [4.69, 9.17) is 5.73 Å². The maximum absolute atomic E-state index is 11.9. The third-order valence-electron chi connectivity index (χ3n) is 3.39. The van der Waals surface area contributed by atoms with Gasteiger partial charge in [-0.1, -0.05) is 0 Å². The lowest BCUT2D eigenvalue weighted by Crippen LogP contribution is -2.43. The van der Waals surface area contributed by atoms with Crippen molar-refractivity contribution in [2.45, 2.75) is 18.9 Å². The van der Waals surface area contributed by atoms with E-state index in [1.54, 1.807) is 19.3 Å². The molecule has 0 radical (unpaired) electrons. The van der Waals surface area contributed by atoms with Crippen LogP contribution in [0.2, 0.25) is 0 Å². The number of anilines is 1. The highest BCUT2D eigenvalue weighted by molar-refractivity contribution is 5.92. The summed E-state index contributed by atoms with van der Waals surface area (Å²) in [6.07, 6.45) is 3.50. The van der Waals surface area contributed by atoms with E-state index in [1.807, 2.05) is 0 Å². The first-order valence-electron chi connectivity index (χ1n) is 6.49. The second-order valence-electron chi connectivity index (χ2n) is 5.03. The molecule has 3 N–H and O–H groups in total. The summed E-state index contributed by atoms with van der Waals surface area (Å²) in [4.78, 5) is 25.4. The minimum Gasteiger partial charge on any atom is -0.328 e. The van der Waals surface area contributed by atoms with Gasteiger partial charge in [0.15, 0.2) is 0 Å². The van der Waals surface area contributed by atoms with Crippen molar-refractivity contribution in [2.75, 3.05) is 25.0 Å². The van der Waals surface area contributed by atoms with E-state index in [2.05, 4.69) is 10.2 Å². The molecule has 0 unspecified atom stereocenters. The molecule has 0 aliphatic carbocycles. The van der Waals surface area contributed by atoms with Crippen LogP contribution in [0, 0.1) is 0 Å². The van der Waals surface area contributed by atoms with Gasteiger partial charge >= 0.3 is 0 Å². The van der Waals surface area contributed by atoms with Gasteiger partial charge in [0.1, 0.15) is 0 Å². The molecule has 1 aliphatic rings.